The largest absolute Gasteiger partial charge is 0.489 e. The molecule has 2 aromatic rings. The van der Waals surface area contributed by atoms with Crippen LogP contribution in [-0.4, -0.2) is 23.7 Å². The molecule has 1 amide bonds. The zero-order chi connectivity index (χ0) is 18.4. The second kappa shape index (κ2) is 9.06. The number of halogens is 1. The van der Waals surface area contributed by atoms with Gasteiger partial charge in [-0.25, -0.2) is 0 Å². The van der Waals surface area contributed by atoms with E-state index in [0.29, 0.717) is 23.1 Å². The Balaban J connectivity index is 1.51. The molecule has 0 aromatic heterocycles. The first-order chi connectivity index (χ1) is 12.6. The Bertz CT molecular complexity index is 715. The maximum atomic E-state index is 12.4. The minimum Gasteiger partial charge on any atom is -0.489 e. The molecule has 0 bridgehead atoms. The smallest absolute Gasteiger partial charge is 0.251 e. The highest BCUT2D eigenvalue weighted by Crippen LogP contribution is 2.24. The molecule has 138 valence electrons. The summed E-state index contributed by atoms with van der Waals surface area (Å²) in [7, 11) is 0. The summed E-state index contributed by atoms with van der Waals surface area (Å²) in [6.07, 6.45) is 3.94. The van der Waals surface area contributed by atoms with Crippen LogP contribution in [0.15, 0.2) is 48.5 Å². The van der Waals surface area contributed by atoms with Crippen LogP contribution in [0.1, 0.15) is 41.6 Å². The van der Waals surface area contributed by atoms with Crippen molar-refractivity contribution in [1.29, 1.82) is 0 Å². The maximum absolute atomic E-state index is 12.4. The molecule has 2 atom stereocenters. The van der Waals surface area contributed by atoms with E-state index in [9.17, 15) is 9.90 Å². The average Bonchev–Trinajstić information content (AvgIpc) is 2.68. The van der Waals surface area contributed by atoms with E-state index in [-0.39, 0.29) is 18.6 Å². The van der Waals surface area contributed by atoms with Gasteiger partial charge in [0.25, 0.3) is 5.91 Å². The van der Waals surface area contributed by atoms with Crippen LogP contribution < -0.4 is 10.1 Å². The number of benzene rings is 2. The van der Waals surface area contributed by atoms with Gasteiger partial charge in [-0.2, -0.15) is 0 Å². The van der Waals surface area contributed by atoms with Crippen LogP contribution in [0.25, 0.3) is 0 Å². The molecule has 5 heteroatoms. The topological polar surface area (TPSA) is 58.6 Å². The lowest BCUT2D eigenvalue weighted by molar-refractivity contribution is 0.0906. The third-order valence-electron chi connectivity index (χ3n) is 4.81. The molecule has 4 nitrogen and oxygen atoms in total. The van der Waals surface area contributed by atoms with Crippen molar-refractivity contribution in [2.24, 2.45) is 5.92 Å². The molecule has 0 spiro atoms. The minimum atomic E-state index is -0.0567. The predicted molar refractivity (Wildman–Crippen MR) is 103 cm³/mol. The van der Waals surface area contributed by atoms with Crippen LogP contribution >= 0.6 is 11.6 Å². The highest BCUT2D eigenvalue weighted by Gasteiger charge is 2.23. The number of carbonyl (C=O) groups excluding carboxylic acids is 1. The molecule has 2 N–H and O–H groups in total. The lowest BCUT2D eigenvalue weighted by atomic mass is 9.86. The van der Waals surface area contributed by atoms with Gasteiger partial charge in [0.2, 0.25) is 0 Å². The first kappa shape index (κ1) is 18.7. The van der Waals surface area contributed by atoms with Crippen molar-refractivity contribution in [3.05, 3.63) is 64.7 Å². The van der Waals surface area contributed by atoms with Crippen LogP contribution in [0, 0.1) is 5.92 Å². The fourth-order valence-corrected chi connectivity index (χ4v) is 3.43. The van der Waals surface area contributed by atoms with Crippen molar-refractivity contribution in [3.63, 3.8) is 0 Å². The van der Waals surface area contributed by atoms with Crippen molar-refractivity contribution in [1.82, 2.24) is 5.32 Å². The Labute approximate surface area is 159 Å². The van der Waals surface area contributed by atoms with Gasteiger partial charge in [0.05, 0.1) is 0 Å². The molecular weight excluding hydrogens is 350 g/mol. The van der Waals surface area contributed by atoms with Gasteiger partial charge in [-0.1, -0.05) is 30.2 Å². The van der Waals surface area contributed by atoms with E-state index in [0.717, 1.165) is 37.0 Å². The van der Waals surface area contributed by atoms with E-state index in [1.54, 1.807) is 12.1 Å². The summed E-state index contributed by atoms with van der Waals surface area (Å²) in [6.45, 7) is 0.638. The number of nitrogens with one attached hydrogen (secondary N) is 1. The Morgan fingerprint density at radius 1 is 1.12 bits per heavy atom. The summed E-state index contributed by atoms with van der Waals surface area (Å²) in [5, 5.41) is 13.1. The third kappa shape index (κ3) is 5.23. The molecule has 1 fully saturated rings. The standard InChI is InChI=1S/C21H24ClNO3/c22-18-8-10-20(11-9-18)26-14-15-4-6-17(7-5-15)21(25)23-19-3-1-2-16(12-19)13-24/h4-11,16,19,24H,1-3,12-14H2,(H,23,25). The van der Waals surface area contributed by atoms with Crippen LogP contribution in [-0.2, 0) is 6.61 Å². The molecule has 1 aliphatic rings. The highest BCUT2D eigenvalue weighted by atomic mass is 35.5. The predicted octanol–water partition coefficient (Wildman–Crippen LogP) is 4.20. The average molecular weight is 374 g/mol. The normalized spacial score (nSPS) is 19.8. The first-order valence-electron chi connectivity index (χ1n) is 9.03. The SMILES string of the molecule is O=C(NC1CCCC(CO)C1)c1ccc(COc2ccc(Cl)cc2)cc1. The summed E-state index contributed by atoms with van der Waals surface area (Å²) in [6, 6.07) is 14.8. The van der Waals surface area contributed by atoms with Gasteiger partial charge in [-0.3, -0.25) is 4.79 Å². The first-order valence-corrected chi connectivity index (χ1v) is 9.41. The van der Waals surface area contributed by atoms with Gasteiger partial charge in [0.15, 0.2) is 0 Å². The number of amides is 1. The number of hydrogen-bond donors (Lipinski definition) is 2. The monoisotopic (exact) mass is 373 g/mol. The van der Waals surface area contributed by atoms with Crippen molar-refractivity contribution >= 4 is 17.5 Å². The molecule has 3 rings (SSSR count). The lowest BCUT2D eigenvalue weighted by Gasteiger charge is -2.28. The molecule has 1 aliphatic carbocycles. The summed E-state index contributed by atoms with van der Waals surface area (Å²) in [5.41, 5.74) is 1.64. The van der Waals surface area contributed by atoms with Crippen LogP contribution in [0.3, 0.4) is 0 Å². The number of aliphatic hydroxyl groups is 1. The number of hydrogen-bond acceptors (Lipinski definition) is 3. The molecule has 0 radical (unpaired) electrons. The Kier molecular flexibility index (Phi) is 6.53. The summed E-state index contributed by atoms with van der Waals surface area (Å²) in [5.74, 6) is 1.01. The zero-order valence-corrected chi connectivity index (χ0v) is 15.4. The van der Waals surface area contributed by atoms with E-state index in [2.05, 4.69) is 5.32 Å². The van der Waals surface area contributed by atoms with Crippen LogP contribution in [0.2, 0.25) is 5.02 Å². The van der Waals surface area contributed by atoms with Gasteiger partial charge < -0.3 is 15.2 Å². The van der Waals surface area contributed by atoms with Crippen LogP contribution in [0.5, 0.6) is 5.75 Å². The number of aliphatic hydroxyl groups excluding tert-OH is 1. The number of rotatable bonds is 6. The Morgan fingerprint density at radius 2 is 1.85 bits per heavy atom. The van der Waals surface area contributed by atoms with Crippen molar-refractivity contribution in [2.45, 2.75) is 38.3 Å². The number of ether oxygens (including phenoxy) is 1. The van der Waals surface area contributed by atoms with Gasteiger partial charge in [0, 0.05) is 23.2 Å². The molecule has 2 unspecified atom stereocenters. The van der Waals surface area contributed by atoms with Crippen molar-refractivity contribution < 1.29 is 14.6 Å². The zero-order valence-electron chi connectivity index (χ0n) is 14.7. The minimum absolute atomic E-state index is 0.0567. The Morgan fingerprint density at radius 3 is 2.54 bits per heavy atom. The molecule has 0 heterocycles. The fraction of sp³-hybridized carbons (Fsp3) is 0.381. The molecule has 26 heavy (non-hydrogen) atoms. The molecule has 2 aromatic carbocycles. The van der Waals surface area contributed by atoms with Gasteiger partial charge in [0.1, 0.15) is 12.4 Å². The van der Waals surface area contributed by atoms with E-state index in [1.807, 2.05) is 36.4 Å². The van der Waals surface area contributed by atoms with E-state index >= 15 is 0 Å². The molecule has 0 saturated heterocycles. The second-order valence-electron chi connectivity index (χ2n) is 6.83. The van der Waals surface area contributed by atoms with E-state index < -0.39 is 0 Å². The Hall–Kier alpha value is -2.04. The van der Waals surface area contributed by atoms with Crippen molar-refractivity contribution in [3.8, 4) is 5.75 Å². The van der Waals surface area contributed by atoms with E-state index in [1.165, 1.54) is 0 Å². The summed E-state index contributed by atoms with van der Waals surface area (Å²) < 4.78 is 5.71. The number of carbonyl (C=O) groups is 1. The maximum Gasteiger partial charge on any atom is 0.251 e. The van der Waals surface area contributed by atoms with Crippen LogP contribution in [0.4, 0.5) is 0 Å². The van der Waals surface area contributed by atoms with Gasteiger partial charge in [-0.15, -0.1) is 0 Å². The summed E-state index contributed by atoms with van der Waals surface area (Å²) in [4.78, 5) is 12.4. The van der Waals surface area contributed by atoms with Gasteiger partial charge >= 0.3 is 0 Å². The van der Waals surface area contributed by atoms with Crippen molar-refractivity contribution in [2.75, 3.05) is 6.61 Å². The molecular formula is C21H24ClNO3. The lowest BCUT2D eigenvalue weighted by Crippen LogP contribution is -2.39. The second-order valence-corrected chi connectivity index (χ2v) is 7.26. The third-order valence-corrected chi connectivity index (χ3v) is 5.06. The fourth-order valence-electron chi connectivity index (χ4n) is 3.31. The van der Waals surface area contributed by atoms with Gasteiger partial charge in [-0.05, 0) is 67.1 Å². The van der Waals surface area contributed by atoms with E-state index in [4.69, 9.17) is 16.3 Å². The summed E-state index contributed by atoms with van der Waals surface area (Å²) >= 11 is 5.86. The highest BCUT2D eigenvalue weighted by molar-refractivity contribution is 6.30. The quantitative estimate of drug-likeness (QED) is 0.797. The molecule has 0 aliphatic heterocycles. The molecule has 1 saturated carbocycles.